The number of rotatable bonds is 2. The number of hydrogen-bond acceptors (Lipinski definition) is 1. The molecule has 0 heterocycles. The SMILES string of the molecule is Cc1cccc(C(O)C2CCCC(C)C2)c1. The van der Waals surface area contributed by atoms with Crippen LogP contribution in [0.5, 0.6) is 0 Å². The topological polar surface area (TPSA) is 20.2 Å². The molecule has 0 amide bonds. The van der Waals surface area contributed by atoms with Gasteiger partial charge in [0, 0.05) is 0 Å². The lowest BCUT2D eigenvalue weighted by molar-refractivity contribution is 0.0714. The minimum atomic E-state index is -0.261. The van der Waals surface area contributed by atoms with Gasteiger partial charge in [0.25, 0.3) is 0 Å². The fraction of sp³-hybridized carbons (Fsp3) is 0.600. The van der Waals surface area contributed by atoms with Gasteiger partial charge in [0.2, 0.25) is 0 Å². The van der Waals surface area contributed by atoms with E-state index >= 15 is 0 Å². The Labute approximate surface area is 98.5 Å². The average Bonchev–Trinajstić information content (AvgIpc) is 2.28. The highest BCUT2D eigenvalue weighted by Gasteiger charge is 2.26. The number of hydrogen-bond donors (Lipinski definition) is 1. The summed E-state index contributed by atoms with van der Waals surface area (Å²) in [5, 5.41) is 10.4. The van der Waals surface area contributed by atoms with Gasteiger partial charge in [-0.25, -0.2) is 0 Å². The smallest absolute Gasteiger partial charge is 0.0818 e. The lowest BCUT2D eigenvalue weighted by Crippen LogP contribution is -2.20. The van der Waals surface area contributed by atoms with Crippen molar-refractivity contribution in [1.29, 1.82) is 0 Å². The first-order valence-electron chi connectivity index (χ1n) is 6.41. The standard InChI is InChI=1S/C15H22O/c1-11-5-3-7-13(9-11)15(16)14-8-4-6-12(2)10-14/h3,5,7,9,12,14-16H,4,6,8,10H2,1-2H3. The van der Waals surface area contributed by atoms with Gasteiger partial charge in [-0.1, -0.05) is 49.6 Å². The number of aliphatic hydroxyl groups is 1. The van der Waals surface area contributed by atoms with Gasteiger partial charge >= 0.3 is 0 Å². The van der Waals surface area contributed by atoms with E-state index in [0.29, 0.717) is 5.92 Å². The second-order valence-corrected chi connectivity index (χ2v) is 5.39. The van der Waals surface area contributed by atoms with Crippen LogP contribution in [0.15, 0.2) is 24.3 Å². The lowest BCUT2D eigenvalue weighted by Gasteiger charge is -2.30. The van der Waals surface area contributed by atoms with Gasteiger partial charge in [-0.15, -0.1) is 0 Å². The first-order valence-corrected chi connectivity index (χ1v) is 6.41. The minimum absolute atomic E-state index is 0.261. The molecule has 1 heteroatoms. The van der Waals surface area contributed by atoms with Crippen LogP contribution in [0.1, 0.15) is 49.8 Å². The summed E-state index contributed by atoms with van der Waals surface area (Å²) in [7, 11) is 0. The lowest BCUT2D eigenvalue weighted by atomic mass is 9.78. The van der Waals surface area contributed by atoms with Gasteiger partial charge in [0.15, 0.2) is 0 Å². The molecule has 0 bridgehead atoms. The second kappa shape index (κ2) is 5.01. The highest BCUT2D eigenvalue weighted by atomic mass is 16.3. The van der Waals surface area contributed by atoms with E-state index in [9.17, 15) is 5.11 Å². The monoisotopic (exact) mass is 218 g/mol. The van der Waals surface area contributed by atoms with Gasteiger partial charge < -0.3 is 5.11 Å². The molecular formula is C15H22O. The van der Waals surface area contributed by atoms with Crippen LogP contribution in [-0.2, 0) is 0 Å². The van der Waals surface area contributed by atoms with Crippen LogP contribution in [0.2, 0.25) is 0 Å². The average molecular weight is 218 g/mol. The zero-order valence-electron chi connectivity index (χ0n) is 10.3. The molecule has 1 fully saturated rings. The van der Waals surface area contributed by atoms with Crippen LogP contribution >= 0.6 is 0 Å². The van der Waals surface area contributed by atoms with Crippen LogP contribution in [0.25, 0.3) is 0 Å². The molecule has 0 aliphatic heterocycles. The van der Waals surface area contributed by atoms with Crippen molar-refractivity contribution < 1.29 is 5.11 Å². The molecule has 0 aromatic heterocycles. The van der Waals surface area contributed by atoms with E-state index in [-0.39, 0.29) is 6.10 Å². The molecule has 2 rings (SSSR count). The maximum Gasteiger partial charge on any atom is 0.0818 e. The molecule has 0 spiro atoms. The van der Waals surface area contributed by atoms with Crippen LogP contribution in [0.4, 0.5) is 0 Å². The van der Waals surface area contributed by atoms with Gasteiger partial charge in [0.1, 0.15) is 0 Å². The van der Waals surface area contributed by atoms with Crippen LogP contribution in [0.3, 0.4) is 0 Å². The van der Waals surface area contributed by atoms with Crippen molar-refractivity contribution in [2.24, 2.45) is 11.8 Å². The molecule has 16 heavy (non-hydrogen) atoms. The van der Waals surface area contributed by atoms with Crippen LogP contribution in [0, 0.1) is 18.8 Å². The summed E-state index contributed by atoms with van der Waals surface area (Å²) in [6, 6.07) is 8.29. The van der Waals surface area contributed by atoms with Crippen LogP contribution in [-0.4, -0.2) is 5.11 Å². The fourth-order valence-electron chi connectivity index (χ4n) is 2.89. The Bertz CT molecular complexity index is 345. The Kier molecular flexibility index (Phi) is 3.65. The van der Waals surface area contributed by atoms with Gasteiger partial charge in [-0.2, -0.15) is 0 Å². The van der Waals surface area contributed by atoms with Crippen LogP contribution < -0.4 is 0 Å². The number of aliphatic hydroxyl groups excluding tert-OH is 1. The predicted molar refractivity (Wildman–Crippen MR) is 67.3 cm³/mol. The van der Waals surface area contributed by atoms with Crippen molar-refractivity contribution >= 4 is 0 Å². The Morgan fingerprint density at radius 1 is 1.31 bits per heavy atom. The molecule has 1 aliphatic carbocycles. The third-order valence-electron chi connectivity index (χ3n) is 3.81. The summed E-state index contributed by atoms with van der Waals surface area (Å²) in [5.41, 5.74) is 2.33. The quantitative estimate of drug-likeness (QED) is 0.799. The molecule has 1 saturated carbocycles. The maximum absolute atomic E-state index is 10.4. The van der Waals surface area contributed by atoms with E-state index in [2.05, 4.69) is 32.0 Å². The van der Waals surface area contributed by atoms with Crippen molar-refractivity contribution in [3.63, 3.8) is 0 Å². The molecule has 0 radical (unpaired) electrons. The van der Waals surface area contributed by atoms with E-state index in [0.717, 1.165) is 11.5 Å². The molecule has 88 valence electrons. The normalized spacial score (nSPS) is 27.7. The second-order valence-electron chi connectivity index (χ2n) is 5.39. The summed E-state index contributed by atoms with van der Waals surface area (Å²) in [6.45, 7) is 4.38. The summed E-state index contributed by atoms with van der Waals surface area (Å²) in [4.78, 5) is 0. The first-order chi connectivity index (χ1) is 7.66. The van der Waals surface area contributed by atoms with Gasteiger partial charge in [-0.05, 0) is 37.2 Å². The van der Waals surface area contributed by atoms with E-state index in [1.807, 2.05) is 6.07 Å². The summed E-state index contributed by atoms with van der Waals surface area (Å²) >= 11 is 0. The summed E-state index contributed by atoms with van der Waals surface area (Å²) < 4.78 is 0. The van der Waals surface area contributed by atoms with Gasteiger partial charge in [-0.3, -0.25) is 0 Å². The summed E-state index contributed by atoms with van der Waals surface area (Å²) in [5.74, 6) is 1.24. The van der Waals surface area contributed by atoms with E-state index in [4.69, 9.17) is 0 Å². The number of aryl methyl sites for hydroxylation is 1. The molecule has 1 aromatic carbocycles. The van der Waals surface area contributed by atoms with E-state index in [1.165, 1.54) is 31.2 Å². The molecule has 3 unspecified atom stereocenters. The zero-order chi connectivity index (χ0) is 11.5. The van der Waals surface area contributed by atoms with E-state index in [1.54, 1.807) is 0 Å². The molecule has 3 atom stereocenters. The fourth-order valence-corrected chi connectivity index (χ4v) is 2.89. The third kappa shape index (κ3) is 2.65. The Balaban J connectivity index is 2.09. The number of benzene rings is 1. The van der Waals surface area contributed by atoms with Crippen molar-refractivity contribution in [1.82, 2.24) is 0 Å². The molecule has 1 nitrogen and oxygen atoms in total. The first kappa shape index (κ1) is 11.7. The largest absolute Gasteiger partial charge is 0.388 e. The van der Waals surface area contributed by atoms with E-state index < -0.39 is 0 Å². The Morgan fingerprint density at radius 3 is 2.81 bits per heavy atom. The highest BCUT2D eigenvalue weighted by molar-refractivity contribution is 5.24. The molecule has 1 N–H and O–H groups in total. The van der Waals surface area contributed by atoms with Crippen molar-refractivity contribution in [3.8, 4) is 0 Å². The molecule has 0 saturated heterocycles. The Morgan fingerprint density at radius 2 is 2.12 bits per heavy atom. The molecular weight excluding hydrogens is 196 g/mol. The zero-order valence-corrected chi connectivity index (χ0v) is 10.3. The minimum Gasteiger partial charge on any atom is -0.388 e. The molecule has 1 aromatic rings. The highest BCUT2D eigenvalue weighted by Crippen LogP contribution is 2.37. The predicted octanol–water partition coefficient (Wildman–Crippen LogP) is 3.85. The Hall–Kier alpha value is -0.820. The third-order valence-corrected chi connectivity index (χ3v) is 3.81. The van der Waals surface area contributed by atoms with Gasteiger partial charge in [0.05, 0.1) is 6.10 Å². The van der Waals surface area contributed by atoms with Crippen molar-refractivity contribution in [3.05, 3.63) is 35.4 Å². The maximum atomic E-state index is 10.4. The summed E-state index contributed by atoms with van der Waals surface area (Å²) in [6.07, 6.45) is 4.70. The van der Waals surface area contributed by atoms with Crippen molar-refractivity contribution in [2.45, 2.75) is 45.6 Å². The van der Waals surface area contributed by atoms with Crippen molar-refractivity contribution in [2.75, 3.05) is 0 Å². The molecule has 1 aliphatic rings.